The summed E-state index contributed by atoms with van der Waals surface area (Å²) in [4.78, 5) is 15.2. The fourth-order valence-electron chi connectivity index (χ4n) is 1.23. The van der Waals surface area contributed by atoms with Gasteiger partial charge in [-0.05, 0) is 12.0 Å². The molecule has 16 heavy (non-hydrogen) atoms. The molecule has 0 fully saturated rings. The first-order valence-corrected chi connectivity index (χ1v) is 5.55. The molecule has 1 aromatic rings. The van der Waals surface area contributed by atoms with Crippen LogP contribution in [0.4, 0.5) is 0 Å². The Bertz CT molecular complexity index is 371. The second-order valence-corrected chi connectivity index (χ2v) is 3.78. The van der Waals surface area contributed by atoms with Crippen molar-refractivity contribution >= 4 is 17.2 Å². The molecule has 88 valence electrons. The molecule has 0 saturated heterocycles. The molecule has 0 aromatic heterocycles. The van der Waals surface area contributed by atoms with Crippen LogP contribution in [0.2, 0.25) is 0 Å². The third kappa shape index (κ3) is 4.07. The van der Waals surface area contributed by atoms with Crippen LogP contribution in [0.1, 0.15) is 5.56 Å². The van der Waals surface area contributed by atoms with Crippen molar-refractivity contribution in [1.29, 1.82) is 0 Å². The minimum atomic E-state index is -2.30. The predicted octanol–water partition coefficient (Wildman–Crippen LogP) is -0.259. The smallest absolute Gasteiger partial charge is 0.342 e. The normalized spacial score (nSPS) is 14.1. The lowest BCUT2D eigenvalue weighted by molar-refractivity contribution is -0.146. The lowest BCUT2D eigenvalue weighted by atomic mass is 10.1. The average Bonchev–Trinajstić information content (AvgIpc) is 2.28. The first kappa shape index (κ1) is 12.8. The van der Waals surface area contributed by atoms with Crippen molar-refractivity contribution in [2.45, 2.75) is 12.5 Å². The Morgan fingerprint density at radius 2 is 2.12 bits per heavy atom. The quantitative estimate of drug-likeness (QED) is 0.489. The van der Waals surface area contributed by atoms with Gasteiger partial charge in [0.25, 0.3) is 0 Å². The van der Waals surface area contributed by atoms with Crippen molar-refractivity contribution in [2.24, 2.45) is 5.90 Å². The van der Waals surface area contributed by atoms with Gasteiger partial charge in [0.1, 0.15) is 6.04 Å². The van der Waals surface area contributed by atoms with Crippen LogP contribution in [0, 0.1) is 0 Å². The van der Waals surface area contributed by atoms with E-state index in [9.17, 15) is 9.00 Å². The number of carbonyl (C=O) groups is 1. The molecule has 7 heteroatoms. The van der Waals surface area contributed by atoms with Crippen LogP contribution in [0.5, 0.6) is 0 Å². The van der Waals surface area contributed by atoms with Crippen molar-refractivity contribution in [1.82, 2.24) is 4.72 Å². The van der Waals surface area contributed by atoms with E-state index < -0.39 is 23.3 Å². The molecular weight excluding hydrogens is 232 g/mol. The van der Waals surface area contributed by atoms with Gasteiger partial charge < -0.3 is 4.84 Å². The monoisotopic (exact) mass is 244 g/mol. The molecule has 0 saturated carbocycles. The highest BCUT2D eigenvalue weighted by atomic mass is 32.2. The van der Waals surface area contributed by atoms with E-state index in [0.29, 0.717) is 0 Å². The highest BCUT2D eigenvalue weighted by molar-refractivity contribution is 7.77. The van der Waals surface area contributed by atoms with Crippen molar-refractivity contribution in [3.05, 3.63) is 35.9 Å². The second kappa shape index (κ2) is 6.33. The maximum atomic E-state index is 11.2. The summed E-state index contributed by atoms with van der Waals surface area (Å²) in [5, 5.41) is 0. The van der Waals surface area contributed by atoms with E-state index in [-0.39, 0.29) is 6.42 Å². The van der Waals surface area contributed by atoms with E-state index in [1.807, 2.05) is 6.07 Å². The van der Waals surface area contributed by atoms with Crippen LogP contribution in [0.15, 0.2) is 30.3 Å². The molecule has 6 nitrogen and oxygen atoms in total. The van der Waals surface area contributed by atoms with Crippen LogP contribution in [0.3, 0.4) is 0 Å². The summed E-state index contributed by atoms with van der Waals surface area (Å²) in [6, 6.07) is 8.07. The van der Waals surface area contributed by atoms with Gasteiger partial charge >= 0.3 is 5.97 Å². The average molecular weight is 244 g/mol. The number of rotatable bonds is 5. The van der Waals surface area contributed by atoms with E-state index in [1.54, 1.807) is 24.3 Å². The van der Waals surface area contributed by atoms with Crippen molar-refractivity contribution in [2.75, 3.05) is 0 Å². The summed E-state index contributed by atoms with van der Waals surface area (Å²) in [7, 11) is 0. The number of nitrogens with one attached hydrogen (secondary N) is 1. The number of hydrogen-bond donors (Lipinski definition) is 3. The van der Waals surface area contributed by atoms with E-state index >= 15 is 0 Å². The minimum absolute atomic E-state index is 0.225. The third-order valence-corrected chi connectivity index (χ3v) is 2.41. The summed E-state index contributed by atoms with van der Waals surface area (Å²) < 4.78 is 21.4. The van der Waals surface area contributed by atoms with Gasteiger partial charge in [-0.2, -0.15) is 10.6 Å². The zero-order valence-corrected chi connectivity index (χ0v) is 9.15. The third-order valence-electron chi connectivity index (χ3n) is 1.93. The molecule has 1 rings (SSSR count). The largest absolute Gasteiger partial charge is 0.372 e. The molecule has 0 aliphatic carbocycles. The van der Waals surface area contributed by atoms with Gasteiger partial charge in [-0.1, -0.05) is 30.3 Å². The molecule has 0 amide bonds. The number of carbonyl (C=O) groups excluding carboxylic acids is 1. The predicted molar refractivity (Wildman–Crippen MR) is 58.1 cm³/mol. The fraction of sp³-hybridized carbons (Fsp3) is 0.222. The second-order valence-electron chi connectivity index (χ2n) is 3.05. The Labute approximate surface area is 95.2 Å². The molecule has 0 aliphatic heterocycles. The molecule has 0 spiro atoms. The Morgan fingerprint density at radius 1 is 1.50 bits per heavy atom. The molecule has 0 bridgehead atoms. The Hall–Kier alpha value is -1.28. The molecule has 0 heterocycles. The van der Waals surface area contributed by atoms with Crippen LogP contribution in [-0.2, 0) is 27.3 Å². The van der Waals surface area contributed by atoms with E-state index in [0.717, 1.165) is 5.56 Å². The lowest BCUT2D eigenvalue weighted by Crippen LogP contribution is -2.41. The molecule has 0 aliphatic rings. The SMILES string of the molecule is NOC(=O)[C@H](Cc1ccccc1)NS(=O)O. The van der Waals surface area contributed by atoms with Gasteiger partial charge in [-0.3, -0.25) is 4.55 Å². The maximum absolute atomic E-state index is 11.2. The van der Waals surface area contributed by atoms with Crippen molar-refractivity contribution in [3.8, 4) is 0 Å². The lowest BCUT2D eigenvalue weighted by Gasteiger charge is -2.12. The highest BCUT2D eigenvalue weighted by Gasteiger charge is 2.21. The number of benzene rings is 1. The van der Waals surface area contributed by atoms with Crippen molar-refractivity contribution < 1.29 is 18.4 Å². The molecular formula is C9H12N2O4S. The van der Waals surface area contributed by atoms with Crippen LogP contribution < -0.4 is 10.6 Å². The first-order chi connectivity index (χ1) is 7.63. The van der Waals surface area contributed by atoms with E-state index in [1.165, 1.54) is 0 Å². The summed E-state index contributed by atoms with van der Waals surface area (Å²) in [5.74, 6) is 3.95. The van der Waals surface area contributed by atoms with Gasteiger partial charge in [-0.25, -0.2) is 9.00 Å². The van der Waals surface area contributed by atoms with Crippen molar-refractivity contribution in [3.63, 3.8) is 0 Å². The zero-order chi connectivity index (χ0) is 12.0. The molecule has 0 radical (unpaired) electrons. The topological polar surface area (TPSA) is 102 Å². The van der Waals surface area contributed by atoms with E-state index in [4.69, 9.17) is 10.4 Å². The number of nitrogens with two attached hydrogens (primary N) is 1. The van der Waals surface area contributed by atoms with Crippen LogP contribution in [-0.4, -0.2) is 20.8 Å². The van der Waals surface area contributed by atoms with Gasteiger partial charge in [0.05, 0.1) is 0 Å². The first-order valence-electron chi connectivity index (χ1n) is 4.45. The van der Waals surface area contributed by atoms with E-state index in [2.05, 4.69) is 9.56 Å². The van der Waals surface area contributed by atoms with Gasteiger partial charge in [0, 0.05) is 0 Å². The van der Waals surface area contributed by atoms with Crippen LogP contribution in [0.25, 0.3) is 0 Å². The number of hydrogen-bond acceptors (Lipinski definition) is 4. The Kier molecular flexibility index (Phi) is 5.06. The molecule has 2 atom stereocenters. The standard InChI is InChI=1S/C9H12N2O4S/c10-15-9(12)8(11-16(13)14)6-7-4-2-1-3-5-7/h1-5,8,11H,6,10H2,(H,13,14)/t8-/m0/s1. The maximum Gasteiger partial charge on any atom is 0.342 e. The van der Waals surface area contributed by atoms with Gasteiger partial charge in [0.15, 0.2) is 0 Å². The fourth-order valence-corrected chi connectivity index (χ4v) is 1.65. The van der Waals surface area contributed by atoms with Crippen LogP contribution >= 0.6 is 0 Å². The summed E-state index contributed by atoms with van der Waals surface area (Å²) in [5.41, 5.74) is 0.829. The Balaban J connectivity index is 2.70. The zero-order valence-electron chi connectivity index (χ0n) is 8.33. The molecule has 1 aromatic carbocycles. The summed E-state index contributed by atoms with van der Waals surface area (Å²) in [6.45, 7) is 0. The molecule has 1 unspecified atom stereocenters. The van der Waals surface area contributed by atoms with Gasteiger partial charge in [-0.15, -0.1) is 0 Å². The summed E-state index contributed by atoms with van der Waals surface area (Å²) >= 11 is -2.30. The molecule has 4 N–H and O–H groups in total. The van der Waals surface area contributed by atoms with Gasteiger partial charge in [0.2, 0.25) is 11.3 Å². The Morgan fingerprint density at radius 3 is 2.62 bits per heavy atom. The minimum Gasteiger partial charge on any atom is -0.372 e. The highest BCUT2D eigenvalue weighted by Crippen LogP contribution is 2.04. The summed E-state index contributed by atoms with van der Waals surface area (Å²) in [6.07, 6.45) is 0.225.